The highest BCUT2D eigenvalue weighted by atomic mass is 35.5. The Morgan fingerprint density at radius 1 is 0.931 bits per heavy atom. The zero-order valence-electron chi connectivity index (χ0n) is 14.4. The highest BCUT2D eigenvalue weighted by Gasteiger charge is 2.24. The van der Waals surface area contributed by atoms with Crippen molar-refractivity contribution in [3.63, 3.8) is 0 Å². The first kappa shape index (κ1) is 20.4. The van der Waals surface area contributed by atoms with Crippen LogP contribution in [0.1, 0.15) is 5.76 Å². The fourth-order valence-electron chi connectivity index (χ4n) is 2.53. The molecule has 3 aromatic rings. The number of thioether (sulfide) groups is 1. The smallest absolute Gasteiger partial charge is 0.264 e. The molecule has 0 spiro atoms. The quantitative estimate of drug-likeness (QED) is 0.393. The number of halogens is 4. The Morgan fingerprint density at radius 2 is 1.76 bits per heavy atom. The van der Waals surface area contributed by atoms with Gasteiger partial charge in [-0.15, -0.1) is 0 Å². The number of aliphatic imine (C=N–C) groups is 1. The maximum absolute atomic E-state index is 12.3. The zero-order valence-corrected chi connectivity index (χ0v) is 18.2. The lowest BCUT2D eigenvalue weighted by molar-refractivity contribution is -0.115. The summed E-state index contributed by atoms with van der Waals surface area (Å²) in [5, 5.41) is 4.94. The summed E-state index contributed by atoms with van der Waals surface area (Å²) >= 11 is 25.2. The van der Waals surface area contributed by atoms with Crippen LogP contribution in [0.2, 0.25) is 20.1 Å². The molecule has 4 rings (SSSR count). The predicted molar refractivity (Wildman–Crippen MR) is 121 cm³/mol. The number of carbonyl (C=O) groups excluding carboxylic acids is 1. The zero-order chi connectivity index (χ0) is 20.5. The number of benzene rings is 2. The highest BCUT2D eigenvalue weighted by Crippen LogP contribution is 2.34. The maximum atomic E-state index is 12.3. The molecule has 9 heteroatoms. The normalized spacial score (nSPS) is 16.6. The van der Waals surface area contributed by atoms with E-state index in [9.17, 15) is 4.79 Å². The van der Waals surface area contributed by atoms with E-state index in [1.165, 1.54) is 11.8 Å². The van der Waals surface area contributed by atoms with E-state index in [0.29, 0.717) is 47.4 Å². The van der Waals surface area contributed by atoms with Gasteiger partial charge in [0.2, 0.25) is 0 Å². The van der Waals surface area contributed by atoms with Crippen molar-refractivity contribution < 1.29 is 9.21 Å². The molecular weight excluding hydrogens is 474 g/mol. The lowest BCUT2D eigenvalue weighted by atomic mass is 10.2. The molecule has 0 unspecified atom stereocenters. The number of nitrogens with zero attached hydrogens (tertiary/aromatic N) is 1. The van der Waals surface area contributed by atoms with Gasteiger partial charge < -0.3 is 9.73 Å². The summed E-state index contributed by atoms with van der Waals surface area (Å²) in [6.07, 6.45) is 1.65. The molecule has 4 nitrogen and oxygen atoms in total. The monoisotopic (exact) mass is 482 g/mol. The topological polar surface area (TPSA) is 54.6 Å². The minimum atomic E-state index is -0.272. The average molecular weight is 484 g/mol. The number of nitrogens with one attached hydrogen (secondary N) is 1. The Labute approximate surface area is 190 Å². The summed E-state index contributed by atoms with van der Waals surface area (Å²) in [6, 6.07) is 13.7. The van der Waals surface area contributed by atoms with Crippen molar-refractivity contribution in [3.8, 4) is 11.3 Å². The number of amides is 1. The molecule has 0 aliphatic carbocycles. The maximum Gasteiger partial charge on any atom is 0.264 e. The van der Waals surface area contributed by atoms with E-state index < -0.39 is 0 Å². The van der Waals surface area contributed by atoms with Crippen LogP contribution in [0, 0.1) is 0 Å². The van der Waals surface area contributed by atoms with Gasteiger partial charge in [0.15, 0.2) is 5.17 Å². The first-order valence-electron chi connectivity index (χ1n) is 8.19. The third kappa shape index (κ3) is 4.65. The number of rotatable bonds is 3. The molecular formula is C20H10Cl4N2O2S. The molecule has 0 atom stereocenters. The van der Waals surface area contributed by atoms with Crippen LogP contribution >= 0.6 is 58.2 Å². The standard InChI is InChI=1S/C20H10Cl4N2O2S/c21-11-2-5-16(15(24)8-11)25-20-26-19(27)18(29-20)9-12-3-6-17(28-12)10-1-4-13(22)14(23)7-10/h1-9H,(H,25,26,27). The van der Waals surface area contributed by atoms with E-state index in [2.05, 4.69) is 10.3 Å². The second-order valence-corrected chi connectivity index (χ2v) is 8.60. The fourth-order valence-corrected chi connectivity index (χ4v) is 4.09. The van der Waals surface area contributed by atoms with Gasteiger partial charge in [0.1, 0.15) is 11.5 Å². The third-order valence-electron chi connectivity index (χ3n) is 3.89. The molecule has 0 bridgehead atoms. The summed E-state index contributed by atoms with van der Waals surface area (Å²) in [7, 11) is 0. The fraction of sp³-hybridized carbons (Fsp3) is 0. The van der Waals surface area contributed by atoms with E-state index in [0.717, 1.165) is 5.56 Å². The SMILES string of the molecule is O=C1NC(=Nc2ccc(Cl)cc2Cl)SC1=Cc1ccc(-c2ccc(Cl)c(Cl)c2)o1. The lowest BCUT2D eigenvalue weighted by Crippen LogP contribution is -2.19. The molecule has 2 heterocycles. The van der Waals surface area contributed by atoms with Crippen molar-refractivity contribution in [3.05, 3.63) is 79.3 Å². The second kappa shape index (κ2) is 8.46. The third-order valence-corrected chi connectivity index (χ3v) is 6.07. The van der Waals surface area contributed by atoms with E-state index in [1.807, 2.05) is 6.07 Å². The van der Waals surface area contributed by atoms with Crippen LogP contribution in [-0.4, -0.2) is 11.1 Å². The van der Waals surface area contributed by atoms with Crippen LogP contribution in [0.5, 0.6) is 0 Å². The molecule has 146 valence electrons. The van der Waals surface area contributed by atoms with Gasteiger partial charge in [-0.2, -0.15) is 0 Å². The van der Waals surface area contributed by atoms with Crippen molar-refractivity contribution in [2.24, 2.45) is 4.99 Å². The molecule has 29 heavy (non-hydrogen) atoms. The van der Waals surface area contributed by atoms with Crippen molar-refractivity contribution in [1.29, 1.82) is 0 Å². The van der Waals surface area contributed by atoms with E-state index in [1.54, 1.807) is 48.5 Å². The van der Waals surface area contributed by atoms with Crippen molar-refractivity contribution >= 4 is 81.0 Å². The van der Waals surface area contributed by atoms with Crippen LogP contribution in [0.4, 0.5) is 5.69 Å². The van der Waals surface area contributed by atoms with Crippen LogP contribution < -0.4 is 5.32 Å². The molecule has 1 N–H and O–H groups in total. The van der Waals surface area contributed by atoms with Gasteiger partial charge in [-0.05, 0) is 60.3 Å². The van der Waals surface area contributed by atoms with Gasteiger partial charge in [0.05, 0.1) is 25.7 Å². The van der Waals surface area contributed by atoms with Gasteiger partial charge in [-0.1, -0.05) is 46.4 Å². The van der Waals surface area contributed by atoms with Crippen molar-refractivity contribution in [1.82, 2.24) is 5.32 Å². The molecule has 0 saturated carbocycles. The number of amidine groups is 1. The van der Waals surface area contributed by atoms with Crippen molar-refractivity contribution in [2.45, 2.75) is 0 Å². The minimum Gasteiger partial charge on any atom is -0.457 e. The number of carbonyl (C=O) groups is 1. The Kier molecular flexibility index (Phi) is 5.95. The second-order valence-electron chi connectivity index (χ2n) is 5.91. The van der Waals surface area contributed by atoms with Crippen LogP contribution in [0.25, 0.3) is 17.4 Å². The van der Waals surface area contributed by atoms with Gasteiger partial charge in [-0.25, -0.2) is 4.99 Å². The minimum absolute atomic E-state index is 0.272. The van der Waals surface area contributed by atoms with Gasteiger partial charge in [0, 0.05) is 16.7 Å². The van der Waals surface area contributed by atoms with Crippen LogP contribution in [0.15, 0.2) is 62.8 Å². The Morgan fingerprint density at radius 3 is 2.52 bits per heavy atom. The summed E-state index contributed by atoms with van der Waals surface area (Å²) in [6.45, 7) is 0. The van der Waals surface area contributed by atoms with Gasteiger partial charge in [-0.3, -0.25) is 4.79 Å². The first-order chi connectivity index (χ1) is 13.9. The molecule has 1 aromatic heterocycles. The van der Waals surface area contributed by atoms with Crippen molar-refractivity contribution in [2.75, 3.05) is 0 Å². The van der Waals surface area contributed by atoms with Crippen LogP contribution in [0.3, 0.4) is 0 Å². The Bertz CT molecular complexity index is 1190. The summed E-state index contributed by atoms with van der Waals surface area (Å²) in [5.74, 6) is 0.862. The summed E-state index contributed by atoms with van der Waals surface area (Å²) < 4.78 is 5.81. The summed E-state index contributed by atoms with van der Waals surface area (Å²) in [4.78, 5) is 17.1. The van der Waals surface area contributed by atoms with Crippen LogP contribution in [-0.2, 0) is 4.79 Å². The summed E-state index contributed by atoms with van der Waals surface area (Å²) in [5.41, 5.74) is 1.30. The number of hydrogen-bond donors (Lipinski definition) is 1. The Hall–Kier alpha value is -1.89. The van der Waals surface area contributed by atoms with Gasteiger partial charge in [0.25, 0.3) is 5.91 Å². The highest BCUT2D eigenvalue weighted by molar-refractivity contribution is 8.18. The Balaban J connectivity index is 1.56. The molecule has 2 aromatic carbocycles. The lowest BCUT2D eigenvalue weighted by Gasteiger charge is -2.00. The number of hydrogen-bond acceptors (Lipinski definition) is 4. The first-order valence-corrected chi connectivity index (χ1v) is 10.5. The molecule has 1 fully saturated rings. The molecule has 1 aliphatic heterocycles. The number of furan rings is 1. The van der Waals surface area contributed by atoms with Gasteiger partial charge >= 0.3 is 0 Å². The van der Waals surface area contributed by atoms with E-state index in [4.69, 9.17) is 50.8 Å². The predicted octanol–water partition coefficient (Wildman–Crippen LogP) is 7.45. The average Bonchev–Trinajstić information content (AvgIpc) is 3.27. The largest absolute Gasteiger partial charge is 0.457 e. The molecule has 1 amide bonds. The molecule has 1 saturated heterocycles. The molecule has 0 radical (unpaired) electrons. The van der Waals surface area contributed by atoms with E-state index in [-0.39, 0.29) is 5.91 Å². The van der Waals surface area contributed by atoms with E-state index >= 15 is 0 Å². The molecule has 1 aliphatic rings.